The molecule has 156 valence electrons. The van der Waals surface area contributed by atoms with Gasteiger partial charge in [-0.05, 0) is 41.3 Å². The zero-order valence-electron chi connectivity index (χ0n) is 17.1. The lowest BCUT2D eigenvalue weighted by Crippen LogP contribution is -2.33. The van der Waals surface area contributed by atoms with Crippen LogP contribution in [0.25, 0.3) is 10.4 Å². The molecule has 30 heavy (non-hydrogen) atoms. The highest BCUT2D eigenvalue weighted by Crippen LogP contribution is 2.40. The van der Waals surface area contributed by atoms with Crippen LogP contribution in [-0.4, -0.2) is 45.3 Å². The van der Waals surface area contributed by atoms with Crippen molar-refractivity contribution in [2.45, 2.75) is 6.54 Å². The van der Waals surface area contributed by atoms with Crippen LogP contribution in [0.5, 0.6) is 23.0 Å². The van der Waals surface area contributed by atoms with E-state index in [1.54, 1.807) is 55.8 Å². The molecule has 4 rings (SSSR count). The van der Waals surface area contributed by atoms with Crippen LogP contribution in [0, 0.1) is 0 Å². The van der Waals surface area contributed by atoms with Crippen molar-refractivity contribution in [2.24, 2.45) is 0 Å². The van der Waals surface area contributed by atoms with Crippen LogP contribution in [0.3, 0.4) is 0 Å². The second-order valence-electron chi connectivity index (χ2n) is 6.76. The summed E-state index contributed by atoms with van der Waals surface area (Å²) in [5.41, 5.74) is 2.35. The van der Waals surface area contributed by atoms with Gasteiger partial charge in [-0.15, -0.1) is 11.3 Å². The fourth-order valence-electron chi connectivity index (χ4n) is 3.61. The summed E-state index contributed by atoms with van der Waals surface area (Å²) >= 11 is 1.65. The van der Waals surface area contributed by atoms with Gasteiger partial charge in [0.15, 0.2) is 11.5 Å². The number of thiophene rings is 1. The number of amides is 1. The highest BCUT2D eigenvalue weighted by atomic mass is 32.1. The maximum Gasteiger partial charge on any atom is 0.261 e. The normalized spacial score (nSPS) is 13.1. The molecule has 3 aromatic rings. The van der Waals surface area contributed by atoms with E-state index in [2.05, 4.69) is 12.1 Å². The van der Waals surface area contributed by atoms with E-state index in [0.29, 0.717) is 48.3 Å². The Bertz CT molecular complexity index is 1030. The van der Waals surface area contributed by atoms with Gasteiger partial charge < -0.3 is 23.8 Å². The van der Waals surface area contributed by atoms with Crippen molar-refractivity contribution in [2.75, 3.05) is 34.5 Å². The van der Waals surface area contributed by atoms with Crippen LogP contribution in [0.4, 0.5) is 0 Å². The zero-order chi connectivity index (χ0) is 21.1. The molecule has 0 fully saturated rings. The van der Waals surface area contributed by atoms with E-state index in [4.69, 9.17) is 18.9 Å². The summed E-state index contributed by atoms with van der Waals surface area (Å²) in [5, 5.41) is 2.04. The van der Waals surface area contributed by atoms with Crippen molar-refractivity contribution >= 4 is 17.2 Å². The Kier molecular flexibility index (Phi) is 5.81. The molecule has 0 aliphatic carbocycles. The molecule has 6 nitrogen and oxygen atoms in total. The lowest BCUT2D eigenvalue weighted by atomic mass is 10.1. The Balaban J connectivity index is 1.74. The molecule has 1 amide bonds. The molecule has 0 saturated heterocycles. The summed E-state index contributed by atoms with van der Waals surface area (Å²) in [4.78, 5) is 16.4. The van der Waals surface area contributed by atoms with E-state index in [-0.39, 0.29) is 5.91 Å². The second kappa shape index (κ2) is 8.67. The number of carbonyl (C=O) groups excluding carboxylic acids is 1. The third kappa shape index (κ3) is 3.68. The zero-order valence-corrected chi connectivity index (χ0v) is 18.0. The summed E-state index contributed by atoms with van der Waals surface area (Å²) < 4.78 is 22.4. The molecular weight excluding hydrogens is 402 g/mol. The number of rotatable bonds is 5. The quantitative estimate of drug-likeness (QED) is 0.603. The van der Waals surface area contributed by atoms with Gasteiger partial charge in [0.2, 0.25) is 0 Å². The third-order valence-corrected chi connectivity index (χ3v) is 5.97. The lowest BCUT2D eigenvalue weighted by Gasteiger charge is -2.22. The smallest absolute Gasteiger partial charge is 0.261 e. The Labute approximate surface area is 179 Å². The van der Waals surface area contributed by atoms with Crippen molar-refractivity contribution in [3.8, 4) is 33.4 Å². The van der Waals surface area contributed by atoms with Crippen molar-refractivity contribution < 1.29 is 23.7 Å². The molecule has 2 aromatic carbocycles. The van der Waals surface area contributed by atoms with Gasteiger partial charge in [-0.25, -0.2) is 0 Å². The highest BCUT2D eigenvalue weighted by molar-refractivity contribution is 7.13. The van der Waals surface area contributed by atoms with E-state index in [9.17, 15) is 4.79 Å². The summed E-state index contributed by atoms with van der Waals surface area (Å²) in [6.45, 7) is 1.20. The van der Waals surface area contributed by atoms with Gasteiger partial charge in [-0.3, -0.25) is 4.79 Å². The van der Waals surface area contributed by atoms with Gasteiger partial charge in [0.25, 0.3) is 5.91 Å². The average Bonchev–Trinajstić information content (AvgIpc) is 3.24. The van der Waals surface area contributed by atoms with Gasteiger partial charge in [-0.1, -0.05) is 12.1 Å². The van der Waals surface area contributed by atoms with Crippen molar-refractivity contribution in [1.82, 2.24) is 4.90 Å². The fraction of sp³-hybridized carbons (Fsp3) is 0.261. The lowest BCUT2D eigenvalue weighted by molar-refractivity contribution is 0.0726. The van der Waals surface area contributed by atoms with Crippen LogP contribution in [0.2, 0.25) is 0 Å². The Morgan fingerprint density at radius 2 is 1.73 bits per heavy atom. The predicted octanol–water partition coefficient (Wildman–Crippen LogP) is 4.48. The number of ether oxygens (including phenoxy) is 4. The van der Waals surface area contributed by atoms with Gasteiger partial charge in [0, 0.05) is 17.0 Å². The predicted molar refractivity (Wildman–Crippen MR) is 116 cm³/mol. The molecule has 1 aliphatic heterocycles. The van der Waals surface area contributed by atoms with E-state index in [1.165, 1.54) is 0 Å². The summed E-state index contributed by atoms with van der Waals surface area (Å²) in [7, 11) is 4.72. The molecule has 0 atom stereocenters. The van der Waals surface area contributed by atoms with Crippen LogP contribution in [-0.2, 0) is 6.54 Å². The Morgan fingerprint density at radius 1 is 1.00 bits per heavy atom. The van der Waals surface area contributed by atoms with Crippen LogP contribution < -0.4 is 18.9 Å². The molecule has 0 unspecified atom stereocenters. The molecule has 0 spiro atoms. The van der Waals surface area contributed by atoms with E-state index in [1.807, 2.05) is 17.5 Å². The number of fused-ring (bicyclic) bond motifs is 1. The fourth-order valence-corrected chi connectivity index (χ4v) is 4.33. The monoisotopic (exact) mass is 425 g/mol. The first kappa shape index (κ1) is 20.1. The first-order chi connectivity index (χ1) is 14.7. The van der Waals surface area contributed by atoms with Crippen LogP contribution in [0.1, 0.15) is 15.9 Å². The molecule has 1 aromatic heterocycles. The molecule has 2 heterocycles. The SMILES string of the molecule is COc1cc(-c2cccs2)cc2c1OCCN(C(=O)c1c(OC)cccc1OC)C2. The number of hydrogen-bond donors (Lipinski definition) is 0. The number of carbonyl (C=O) groups is 1. The second-order valence-corrected chi connectivity index (χ2v) is 7.70. The standard InChI is InChI=1S/C23H23NO5S/c1-26-17-6-4-7-18(27-2)21(17)23(25)24-9-10-29-22-16(14-24)12-15(13-19(22)28-3)20-8-5-11-30-20/h4-8,11-13H,9-10,14H2,1-3H3. The van der Waals surface area contributed by atoms with Crippen LogP contribution in [0.15, 0.2) is 47.8 Å². The van der Waals surface area contributed by atoms with E-state index >= 15 is 0 Å². The topological polar surface area (TPSA) is 57.2 Å². The highest BCUT2D eigenvalue weighted by Gasteiger charge is 2.28. The molecule has 1 aliphatic rings. The third-order valence-electron chi connectivity index (χ3n) is 5.06. The molecule has 0 bridgehead atoms. The molecule has 0 radical (unpaired) electrons. The minimum Gasteiger partial charge on any atom is -0.496 e. The summed E-state index contributed by atoms with van der Waals surface area (Å²) in [6.07, 6.45) is 0. The van der Waals surface area contributed by atoms with Gasteiger partial charge in [-0.2, -0.15) is 0 Å². The number of methoxy groups -OCH3 is 3. The molecule has 0 saturated carbocycles. The van der Waals surface area contributed by atoms with Gasteiger partial charge in [0.1, 0.15) is 23.7 Å². The molecular formula is C23H23NO5S. The van der Waals surface area contributed by atoms with Crippen molar-refractivity contribution in [1.29, 1.82) is 0 Å². The van der Waals surface area contributed by atoms with E-state index in [0.717, 1.165) is 16.0 Å². The first-order valence-corrected chi connectivity index (χ1v) is 10.4. The van der Waals surface area contributed by atoms with Crippen molar-refractivity contribution in [3.63, 3.8) is 0 Å². The number of nitrogens with zero attached hydrogens (tertiary/aromatic N) is 1. The van der Waals surface area contributed by atoms with Crippen molar-refractivity contribution in [3.05, 3.63) is 59.0 Å². The Morgan fingerprint density at radius 3 is 2.37 bits per heavy atom. The van der Waals surface area contributed by atoms with E-state index < -0.39 is 0 Å². The maximum atomic E-state index is 13.5. The average molecular weight is 426 g/mol. The minimum atomic E-state index is -0.166. The number of benzene rings is 2. The number of hydrogen-bond acceptors (Lipinski definition) is 6. The summed E-state index contributed by atoms with van der Waals surface area (Å²) in [5.74, 6) is 2.14. The Hall–Kier alpha value is -3.19. The molecule has 7 heteroatoms. The molecule has 0 N–H and O–H groups in total. The summed E-state index contributed by atoms with van der Waals surface area (Å²) in [6, 6.07) is 13.4. The maximum absolute atomic E-state index is 13.5. The van der Waals surface area contributed by atoms with Gasteiger partial charge >= 0.3 is 0 Å². The van der Waals surface area contributed by atoms with Gasteiger partial charge in [0.05, 0.1) is 27.9 Å². The largest absolute Gasteiger partial charge is 0.496 e. The first-order valence-electron chi connectivity index (χ1n) is 9.54. The van der Waals surface area contributed by atoms with Crippen LogP contribution >= 0.6 is 11.3 Å². The minimum absolute atomic E-state index is 0.166.